The summed E-state index contributed by atoms with van der Waals surface area (Å²) in [6.07, 6.45) is 2.44. The van der Waals surface area contributed by atoms with Crippen LogP contribution in [0.25, 0.3) is 0 Å². The average molecular weight is 389 g/mol. The summed E-state index contributed by atoms with van der Waals surface area (Å²) in [6.45, 7) is 1.19. The van der Waals surface area contributed by atoms with E-state index >= 15 is 0 Å². The van der Waals surface area contributed by atoms with Crippen molar-refractivity contribution >= 4 is 23.4 Å². The van der Waals surface area contributed by atoms with Gasteiger partial charge in [-0.25, -0.2) is 4.79 Å². The number of fused-ring (bicyclic) bond motifs is 1. The molecule has 1 aromatic carbocycles. The molecule has 0 amide bonds. The van der Waals surface area contributed by atoms with E-state index in [2.05, 4.69) is 4.98 Å². The van der Waals surface area contributed by atoms with E-state index in [9.17, 15) is 14.4 Å². The van der Waals surface area contributed by atoms with Crippen LogP contribution in [0.5, 0.6) is 11.5 Å². The maximum Gasteiger partial charge on any atom is 0.330 e. The summed E-state index contributed by atoms with van der Waals surface area (Å²) >= 11 is 1.27. The third kappa shape index (κ3) is 3.59. The van der Waals surface area contributed by atoms with E-state index < -0.39 is 17.0 Å². The third-order valence-electron chi connectivity index (χ3n) is 4.46. The van der Waals surface area contributed by atoms with Crippen molar-refractivity contribution in [2.75, 3.05) is 24.7 Å². The number of ketones is 1. The summed E-state index contributed by atoms with van der Waals surface area (Å²) in [7, 11) is 0. The zero-order valence-electron chi connectivity index (χ0n) is 14.5. The van der Waals surface area contributed by atoms with Gasteiger partial charge in [-0.05, 0) is 31.0 Å². The zero-order valence-corrected chi connectivity index (χ0v) is 15.3. The molecule has 0 bridgehead atoms. The molecule has 1 aromatic heterocycles. The Morgan fingerprint density at radius 1 is 1.22 bits per heavy atom. The summed E-state index contributed by atoms with van der Waals surface area (Å²) in [4.78, 5) is 39.7. The van der Waals surface area contributed by atoms with Crippen LogP contribution in [0.3, 0.4) is 0 Å². The molecule has 142 valence electrons. The van der Waals surface area contributed by atoms with Crippen LogP contribution >= 0.6 is 11.8 Å². The van der Waals surface area contributed by atoms with Crippen LogP contribution in [0.1, 0.15) is 35.7 Å². The largest absolute Gasteiger partial charge is 0.490 e. The van der Waals surface area contributed by atoms with Crippen molar-refractivity contribution in [1.29, 1.82) is 0 Å². The number of H-pyrrole nitrogens is 1. The van der Waals surface area contributed by atoms with Crippen molar-refractivity contribution in [1.82, 2.24) is 9.55 Å². The number of carbonyl (C=O) groups is 1. The van der Waals surface area contributed by atoms with Gasteiger partial charge in [-0.2, -0.15) is 0 Å². The molecule has 0 unspecified atom stereocenters. The predicted octanol–water partition coefficient (Wildman–Crippen LogP) is 1.59. The Morgan fingerprint density at radius 2 is 1.96 bits per heavy atom. The molecule has 1 aliphatic heterocycles. The number of nitrogens with zero attached hydrogens (tertiary/aromatic N) is 1. The topological polar surface area (TPSA) is 116 Å². The van der Waals surface area contributed by atoms with Crippen LogP contribution in [0.4, 0.5) is 5.82 Å². The predicted molar refractivity (Wildman–Crippen MR) is 101 cm³/mol. The molecule has 0 radical (unpaired) electrons. The molecule has 1 saturated carbocycles. The SMILES string of the molecule is Nc1c(C(=O)CSc2ccc3c(c2)OCCCO3)c(=O)[nH]c(=O)n1C1CC1. The molecule has 0 saturated heterocycles. The quantitative estimate of drug-likeness (QED) is 0.589. The Bertz CT molecular complexity index is 1010. The maximum atomic E-state index is 12.6. The minimum atomic E-state index is -0.737. The molecule has 4 rings (SSSR count). The van der Waals surface area contributed by atoms with Crippen LogP contribution in [0.2, 0.25) is 0 Å². The molecule has 8 nitrogen and oxygen atoms in total. The van der Waals surface area contributed by atoms with Gasteiger partial charge in [0.15, 0.2) is 17.3 Å². The van der Waals surface area contributed by atoms with Crippen molar-refractivity contribution in [3.05, 3.63) is 44.6 Å². The summed E-state index contributed by atoms with van der Waals surface area (Å²) in [5.41, 5.74) is 4.53. The number of ether oxygens (including phenoxy) is 2. The van der Waals surface area contributed by atoms with Crippen LogP contribution in [-0.2, 0) is 0 Å². The van der Waals surface area contributed by atoms with Gasteiger partial charge in [0.05, 0.1) is 19.0 Å². The summed E-state index contributed by atoms with van der Waals surface area (Å²) in [5, 5.41) is 0. The van der Waals surface area contributed by atoms with Gasteiger partial charge in [-0.15, -0.1) is 11.8 Å². The lowest BCUT2D eigenvalue weighted by Crippen LogP contribution is -2.36. The molecule has 2 aliphatic rings. The Kier molecular flexibility index (Phi) is 4.69. The molecule has 27 heavy (non-hydrogen) atoms. The van der Waals surface area contributed by atoms with Gasteiger partial charge < -0.3 is 15.2 Å². The number of carbonyl (C=O) groups excluding carboxylic acids is 1. The first-order valence-electron chi connectivity index (χ1n) is 8.74. The minimum absolute atomic E-state index is 0.0236. The van der Waals surface area contributed by atoms with Gasteiger partial charge in [0, 0.05) is 17.4 Å². The van der Waals surface area contributed by atoms with Gasteiger partial charge in [0.25, 0.3) is 5.56 Å². The number of hydrogen-bond donors (Lipinski definition) is 2. The Morgan fingerprint density at radius 3 is 2.70 bits per heavy atom. The van der Waals surface area contributed by atoms with Gasteiger partial charge in [0.2, 0.25) is 0 Å². The highest BCUT2D eigenvalue weighted by Gasteiger charge is 2.30. The number of benzene rings is 1. The summed E-state index contributed by atoms with van der Waals surface area (Å²) in [6, 6.07) is 5.43. The zero-order chi connectivity index (χ0) is 19.0. The number of nitrogen functional groups attached to an aromatic ring is 1. The molecule has 2 heterocycles. The molecule has 1 fully saturated rings. The first kappa shape index (κ1) is 17.7. The fraction of sp³-hybridized carbons (Fsp3) is 0.389. The number of aromatic nitrogens is 2. The van der Waals surface area contributed by atoms with Gasteiger partial charge >= 0.3 is 5.69 Å². The van der Waals surface area contributed by atoms with Crippen molar-refractivity contribution in [2.24, 2.45) is 0 Å². The molecule has 0 spiro atoms. The monoisotopic (exact) mass is 389 g/mol. The van der Waals surface area contributed by atoms with E-state index in [1.807, 2.05) is 18.2 Å². The van der Waals surface area contributed by atoms with E-state index in [1.165, 1.54) is 16.3 Å². The fourth-order valence-electron chi connectivity index (χ4n) is 2.99. The maximum absolute atomic E-state index is 12.6. The second-order valence-electron chi connectivity index (χ2n) is 6.49. The number of nitrogens with one attached hydrogen (secondary N) is 1. The second kappa shape index (κ2) is 7.15. The smallest absolute Gasteiger partial charge is 0.330 e. The average Bonchev–Trinajstić information content (AvgIpc) is 3.46. The van der Waals surface area contributed by atoms with Crippen molar-refractivity contribution in [3.63, 3.8) is 0 Å². The van der Waals surface area contributed by atoms with Gasteiger partial charge in [-0.3, -0.25) is 19.1 Å². The standard InChI is InChI=1S/C18H19N3O5S/c19-16-15(17(23)20-18(24)21(16)10-2-3-10)12(22)9-27-11-4-5-13-14(8-11)26-7-1-6-25-13/h4-5,8,10H,1-3,6-7,9,19H2,(H,20,23,24). The lowest BCUT2D eigenvalue weighted by molar-refractivity contribution is 0.102. The summed E-state index contributed by atoms with van der Waals surface area (Å²) in [5.74, 6) is 0.885. The number of aromatic amines is 1. The number of anilines is 1. The molecule has 1 aliphatic carbocycles. The first-order chi connectivity index (χ1) is 13.0. The Hall–Kier alpha value is -2.68. The normalized spacial score (nSPS) is 16.0. The second-order valence-corrected chi connectivity index (χ2v) is 7.54. The van der Waals surface area contributed by atoms with Crippen molar-refractivity contribution in [2.45, 2.75) is 30.2 Å². The number of hydrogen-bond acceptors (Lipinski definition) is 7. The number of Topliss-reactive ketones (excluding diaryl/α,β-unsaturated/α-hetero) is 1. The lowest BCUT2D eigenvalue weighted by Gasteiger charge is -2.11. The number of nitrogens with two attached hydrogens (primary N) is 1. The fourth-order valence-corrected chi connectivity index (χ4v) is 3.78. The molecule has 2 aromatic rings. The van der Waals surface area contributed by atoms with E-state index in [0.717, 1.165) is 24.2 Å². The first-order valence-corrected chi connectivity index (χ1v) is 9.73. The van der Waals surface area contributed by atoms with Gasteiger partial charge in [0.1, 0.15) is 11.4 Å². The number of rotatable bonds is 5. The van der Waals surface area contributed by atoms with E-state index in [1.54, 1.807) is 0 Å². The molecule has 9 heteroatoms. The Labute approximate surface area is 158 Å². The number of thioether (sulfide) groups is 1. The lowest BCUT2D eigenvalue weighted by atomic mass is 10.2. The minimum Gasteiger partial charge on any atom is -0.490 e. The van der Waals surface area contributed by atoms with E-state index in [0.29, 0.717) is 24.7 Å². The van der Waals surface area contributed by atoms with Crippen LogP contribution in [0.15, 0.2) is 32.7 Å². The molecule has 3 N–H and O–H groups in total. The highest BCUT2D eigenvalue weighted by molar-refractivity contribution is 8.00. The molecule has 0 atom stereocenters. The molecular weight excluding hydrogens is 370 g/mol. The van der Waals surface area contributed by atoms with Crippen LogP contribution in [0, 0.1) is 0 Å². The van der Waals surface area contributed by atoms with Crippen LogP contribution in [-0.4, -0.2) is 34.3 Å². The molecular formula is C18H19N3O5S. The van der Waals surface area contributed by atoms with Crippen molar-refractivity contribution in [3.8, 4) is 11.5 Å². The van der Waals surface area contributed by atoms with E-state index in [-0.39, 0.29) is 23.2 Å². The Balaban J connectivity index is 1.54. The third-order valence-corrected chi connectivity index (χ3v) is 5.46. The van der Waals surface area contributed by atoms with Crippen LogP contribution < -0.4 is 26.5 Å². The van der Waals surface area contributed by atoms with Crippen molar-refractivity contribution < 1.29 is 14.3 Å². The highest BCUT2D eigenvalue weighted by atomic mass is 32.2. The summed E-state index contributed by atoms with van der Waals surface area (Å²) < 4.78 is 12.5. The highest BCUT2D eigenvalue weighted by Crippen LogP contribution is 2.36. The van der Waals surface area contributed by atoms with Gasteiger partial charge in [-0.1, -0.05) is 0 Å². The van der Waals surface area contributed by atoms with E-state index in [4.69, 9.17) is 15.2 Å².